The average molecular weight is 392 g/mol. The molecule has 2 heterocycles. The summed E-state index contributed by atoms with van der Waals surface area (Å²) in [5.41, 5.74) is 0.265. The molecule has 1 fully saturated rings. The Kier molecular flexibility index (Phi) is 4.96. The molecule has 0 radical (unpaired) electrons. The van der Waals surface area contributed by atoms with Crippen LogP contribution < -0.4 is 4.90 Å². The van der Waals surface area contributed by atoms with Gasteiger partial charge in [-0.1, -0.05) is 46.1 Å². The van der Waals surface area contributed by atoms with Gasteiger partial charge in [0.2, 0.25) is 5.13 Å². The second-order valence-corrected chi connectivity index (χ2v) is 7.45. The van der Waals surface area contributed by atoms with Gasteiger partial charge in [-0.05, 0) is 19.1 Å². The lowest BCUT2D eigenvalue weighted by atomic mass is 10.1. The monoisotopic (exact) mass is 390 g/mol. The van der Waals surface area contributed by atoms with Crippen LogP contribution in [0.2, 0.25) is 15.1 Å². The molecule has 5 nitrogen and oxygen atoms in total. The van der Waals surface area contributed by atoms with Crippen LogP contribution in [0.3, 0.4) is 0 Å². The molecule has 0 spiro atoms. The third-order valence-electron chi connectivity index (χ3n) is 3.61. The largest absolute Gasteiger partial charge is 0.343 e. The number of aryl methyl sites for hydroxylation is 1. The van der Waals surface area contributed by atoms with Crippen molar-refractivity contribution in [2.45, 2.75) is 6.92 Å². The van der Waals surface area contributed by atoms with Crippen LogP contribution in [0.25, 0.3) is 0 Å². The molecule has 0 saturated carbocycles. The quantitative estimate of drug-likeness (QED) is 0.731. The van der Waals surface area contributed by atoms with Gasteiger partial charge in [0.25, 0.3) is 5.91 Å². The van der Waals surface area contributed by atoms with Crippen molar-refractivity contribution in [3.63, 3.8) is 0 Å². The molecule has 122 valence electrons. The third-order valence-corrected chi connectivity index (χ3v) is 5.63. The van der Waals surface area contributed by atoms with Crippen molar-refractivity contribution in [1.82, 2.24) is 15.1 Å². The second kappa shape index (κ2) is 6.81. The maximum Gasteiger partial charge on any atom is 0.257 e. The van der Waals surface area contributed by atoms with Gasteiger partial charge in [-0.15, -0.1) is 10.2 Å². The summed E-state index contributed by atoms with van der Waals surface area (Å²) in [6, 6.07) is 3.17. The van der Waals surface area contributed by atoms with E-state index in [1.54, 1.807) is 28.4 Å². The molecule has 23 heavy (non-hydrogen) atoms. The van der Waals surface area contributed by atoms with Gasteiger partial charge >= 0.3 is 0 Å². The maximum absolute atomic E-state index is 12.7. The van der Waals surface area contributed by atoms with Crippen molar-refractivity contribution in [3.8, 4) is 0 Å². The minimum atomic E-state index is -0.199. The Hall–Kier alpha value is -1.08. The molecule has 9 heteroatoms. The third kappa shape index (κ3) is 3.40. The molecule has 3 rings (SSSR count). The van der Waals surface area contributed by atoms with E-state index in [9.17, 15) is 4.79 Å². The van der Waals surface area contributed by atoms with Crippen molar-refractivity contribution in [2.75, 3.05) is 31.1 Å². The van der Waals surface area contributed by atoms with E-state index in [1.807, 2.05) is 6.92 Å². The molecule has 1 aliphatic heterocycles. The minimum absolute atomic E-state index is 0.199. The van der Waals surface area contributed by atoms with E-state index in [-0.39, 0.29) is 16.5 Å². The SMILES string of the molecule is Cc1nnc(N2CCN(C(=O)c3c(Cl)ccc(Cl)c3Cl)CC2)s1. The molecule has 1 aliphatic rings. The Labute approximate surface area is 152 Å². The highest BCUT2D eigenvalue weighted by molar-refractivity contribution is 7.15. The Morgan fingerprint density at radius 1 is 1.09 bits per heavy atom. The van der Waals surface area contributed by atoms with Crippen molar-refractivity contribution in [1.29, 1.82) is 0 Å². The lowest BCUT2D eigenvalue weighted by Crippen LogP contribution is -2.49. The fourth-order valence-electron chi connectivity index (χ4n) is 2.40. The van der Waals surface area contributed by atoms with E-state index in [2.05, 4.69) is 15.1 Å². The summed E-state index contributed by atoms with van der Waals surface area (Å²) < 4.78 is 0. The highest BCUT2D eigenvalue weighted by Crippen LogP contribution is 2.32. The normalized spacial score (nSPS) is 15.1. The molecule has 0 bridgehead atoms. The predicted molar refractivity (Wildman–Crippen MR) is 94.2 cm³/mol. The number of anilines is 1. The van der Waals surface area contributed by atoms with Crippen molar-refractivity contribution < 1.29 is 4.79 Å². The van der Waals surface area contributed by atoms with Crippen LogP contribution in [0.4, 0.5) is 5.13 Å². The molecule has 0 aliphatic carbocycles. The molecule has 1 saturated heterocycles. The Balaban J connectivity index is 1.73. The molecule has 0 unspecified atom stereocenters. The highest BCUT2D eigenvalue weighted by atomic mass is 35.5. The lowest BCUT2D eigenvalue weighted by molar-refractivity contribution is 0.0747. The lowest BCUT2D eigenvalue weighted by Gasteiger charge is -2.34. The number of benzene rings is 1. The van der Waals surface area contributed by atoms with Crippen LogP contribution in [0, 0.1) is 6.92 Å². The number of piperazine rings is 1. The zero-order chi connectivity index (χ0) is 16.6. The van der Waals surface area contributed by atoms with Gasteiger partial charge in [0, 0.05) is 26.2 Å². The molecular weight excluding hydrogens is 379 g/mol. The summed E-state index contributed by atoms with van der Waals surface area (Å²) in [6.45, 7) is 4.43. The first-order valence-electron chi connectivity index (χ1n) is 6.95. The average Bonchev–Trinajstić information content (AvgIpc) is 2.98. The number of rotatable bonds is 2. The molecular formula is C14H13Cl3N4OS. The van der Waals surface area contributed by atoms with Crippen molar-refractivity contribution in [3.05, 3.63) is 37.8 Å². The van der Waals surface area contributed by atoms with E-state index >= 15 is 0 Å². The molecule has 0 atom stereocenters. The van der Waals surface area contributed by atoms with Crippen LogP contribution >= 0.6 is 46.1 Å². The maximum atomic E-state index is 12.7. The summed E-state index contributed by atoms with van der Waals surface area (Å²) in [6.07, 6.45) is 0. The van der Waals surface area contributed by atoms with Gasteiger partial charge in [-0.3, -0.25) is 4.79 Å². The minimum Gasteiger partial charge on any atom is -0.343 e. The molecule has 1 aromatic heterocycles. The number of hydrogen-bond acceptors (Lipinski definition) is 5. The standard InChI is InChI=1S/C14H13Cl3N4OS/c1-8-18-19-14(23-8)21-6-4-20(5-7-21)13(22)11-9(15)2-3-10(16)12(11)17/h2-3H,4-7H2,1H3. The number of halogens is 3. The fourth-order valence-corrected chi connectivity index (χ4v) is 3.82. The zero-order valence-corrected chi connectivity index (χ0v) is 15.3. The number of aromatic nitrogens is 2. The molecule has 2 aromatic rings. The molecule has 1 aromatic carbocycles. The van der Waals surface area contributed by atoms with Crippen LogP contribution in [0.15, 0.2) is 12.1 Å². The topological polar surface area (TPSA) is 49.3 Å². The first-order chi connectivity index (χ1) is 11.0. The summed E-state index contributed by atoms with van der Waals surface area (Å²) >= 11 is 19.8. The van der Waals surface area contributed by atoms with Crippen molar-refractivity contribution in [2.24, 2.45) is 0 Å². The second-order valence-electron chi connectivity index (χ2n) is 5.10. The Morgan fingerprint density at radius 2 is 1.74 bits per heavy atom. The Bertz CT molecular complexity index is 744. The number of carbonyl (C=O) groups excluding carboxylic acids is 1. The molecule has 1 amide bonds. The first-order valence-corrected chi connectivity index (χ1v) is 8.90. The summed E-state index contributed by atoms with van der Waals surface area (Å²) in [5.74, 6) is -0.199. The van der Waals surface area contributed by atoms with E-state index < -0.39 is 0 Å². The summed E-state index contributed by atoms with van der Waals surface area (Å²) in [4.78, 5) is 16.5. The highest BCUT2D eigenvalue weighted by Gasteiger charge is 2.27. The van der Waals surface area contributed by atoms with Gasteiger partial charge in [0.1, 0.15) is 5.01 Å². The van der Waals surface area contributed by atoms with E-state index in [0.717, 1.165) is 10.1 Å². The van der Waals surface area contributed by atoms with E-state index in [4.69, 9.17) is 34.8 Å². The Morgan fingerprint density at radius 3 is 2.35 bits per heavy atom. The van der Waals surface area contributed by atoms with Crippen molar-refractivity contribution >= 4 is 57.2 Å². The fraction of sp³-hybridized carbons (Fsp3) is 0.357. The van der Waals surface area contributed by atoms with E-state index in [1.165, 1.54) is 0 Å². The van der Waals surface area contributed by atoms with Gasteiger partial charge in [0.15, 0.2) is 0 Å². The van der Waals surface area contributed by atoms with Crippen LogP contribution in [0.1, 0.15) is 15.4 Å². The van der Waals surface area contributed by atoms with Gasteiger partial charge in [-0.2, -0.15) is 0 Å². The predicted octanol–water partition coefficient (Wildman–Crippen LogP) is 3.77. The van der Waals surface area contributed by atoms with Gasteiger partial charge < -0.3 is 9.80 Å². The van der Waals surface area contributed by atoms with Gasteiger partial charge in [0.05, 0.1) is 20.6 Å². The van der Waals surface area contributed by atoms with E-state index in [0.29, 0.717) is 36.2 Å². The first kappa shape index (κ1) is 16.8. The van der Waals surface area contributed by atoms with Gasteiger partial charge in [-0.25, -0.2) is 0 Å². The molecule has 0 N–H and O–H groups in total. The van der Waals surface area contributed by atoms with Crippen LogP contribution in [0.5, 0.6) is 0 Å². The zero-order valence-electron chi connectivity index (χ0n) is 12.2. The van der Waals surface area contributed by atoms with Crippen LogP contribution in [-0.4, -0.2) is 47.2 Å². The smallest absolute Gasteiger partial charge is 0.257 e. The summed E-state index contributed by atoms with van der Waals surface area (Å²) in [7, 11) is 0. The number of carbonyl (C=O) groups is 1. The number of amides is 1. The van der Waals surface area contributed by atoms with Crippen LogP contribution in [-0.2, 0) is 0 Å². The number of nitrogens with zero attached hydrogens (tertiary/aromatic N) is 4. The number of hydrogen-bond donors (Lipinski definition) is 0. The summed E-state index contributed by atoms with van der Waals surface area (Å²) in [5, 5.41) is 10.8.